The molecular formula is C10H20O4. The molecule has 84 valence electrons. The summed E-state index contributed by atoms with van der Waals surface area (Å²) in [4.78, 5) is 0. The Morgan fingerprint density at radius 2 is 1.29 bits per heavy atom. The van der Waals surface area contributed by atoms with Crippen molar-refractivity contribution >= 4 is 0 Å². The first-order valence-corrected chi connectivity index (χ1v) is 5.33. The van der Waals surface area contributed by atoms with E-state index in [0.717, 1.165) is 25.7 Å². The third kappa shape index (κ3) is 3.92. The average Bonchev–Trinajstić information content (AvgIpc) is 2.24. The van der Waals surface area contributed by atoms with Crippen molar-refractivity contribution in [1.82, 2.24) is 0 Å². The van der Waals surface area contributed by atoms with Crippen LogP contribution >= 0.6 is 0 Å². The molecule has 2 N–H and O–H groups in total. The zero-order chi connectivity index (χ0) is 10.2. The number of hydrogen-bond donors (Lipinski definition) is 2. The van der Waals surface area contributed by atoms with Crippen molar-refractivity contribution in [3.63, 3.8) is 0 Å². The van der Waals surface area contributed by atoms with Crippen molar-refractivity contribution in [2.24, 2.45) is 0 Å². The van der Waals surface area contributed by atoms with Gasteiger partial charge in [0.05, 0.1) is 38.6 Å². The van der Waals surface area contributed by atoms with E-state index < -0.39 is 0 Å². The Kier molecular flexibility index (Phi) is 6.10. The Morgan fingerprint density at radius 3 is 1.64 bits per heavy atom. The zero-order valence-corrected chi connectivity index (χ0v) is 8.52. The van der Waals surface area contributed by atoms with Gasteiger partial charge in [-0.2, -0.15) is 0 Å². The van der Waals surface area contributed by atoms with E-state index in [0.29, 0.717) is 13.2 Å². The van der Waals surface area contributed by atoms with E-state index >= 15 is 0 Å². The van der Waals surface area contributed by atoms with Gasteiger partial charge in [-0.15, -0.1) is 0 Å². The molecule has 0 unspecified atom stereocenters. The molecule has 2 atom stereocenters. The molecule has 1 rings (SSSR count). The van der Waals surface area contributed by atoms with Gasteiger partial charge in [-0.25, -0.2) is 0 Å². The van der Waals surface area contributed by atoms with E-state index in [2.05, 4.69) is 0 Å². The standard InChI is InChI=1S/C10H20O4/c11-5-7-13-9-3-1-2-4-10(9)14-8-6-12/h9-12H,1-8H2/t9-,10+. The molecule has 0 aromatic carbocycles. The minimum atomic E-state index is 0.0587. The summed E-state index contributed by atoms with van der Waals surface area (Å²) >= 11 is 0. The van der Waals surface area contributed by atoms with Crippen LogP contribution in [0.15, 0.2) is 0 Å². The second-order valence-corrected chi connectivity index (χ2v) is 3.55. The van der Waals surface area contributed by atoms with Gasteiger partial charge in [0.15, 0.2) is 0 Å². The van der Waals surface area contributed by atoms with E-state index in [1.165, 1.54) is 0 Å². The second kappa shape index (κ2) is 7.17. The Bertz CT molecular complexity index is 124. The van der Waals surface area contributed by atoms with Gasteiger partial charge in [0.1, 0.15) is 0 Å². The topological polar surface area (TPSA) is 58.9 Å². The first-order chi connectivity index (χ1) is 6.88. The van der Waals surface area contributed by atoms with Gasteiger partial charge in [0.2, 0.25) is 0 Å². The number of aliphatic hydroxyl groups excluding tert-OH is 2. The largest absolute Gasteiger partial charge is 0.394 e. The van der Waals surface area contributed by atoms with Gasteiger partial charge in [0.25, 0.3) is 0 Å². The lowest BCUT2D eigenvalue weighted by atomic mass is 9.94. The molecule has 1 aliphatic carbocycles. The monoisotopic (exact) mass is 204 g/mol. The van der Waals surface area contributed by atoms with Crippen LogP contribution in [-0.2, 0) is 9.47 Å². The molecule has 4 nitrogen and oxygen atoms in total. The SMILES string of the molecule is OCCO[C@H]1CCCC[C@H]1OCCO. The molecule has 0 amide bonds. The number of hydrogen-bond acceptors (Lipinski definition) is 4. The van der Waals surface area contributed by atoms with E-state index in [1.54, 1.807) is 0 Å². The fourth-order valence-corrected chi connectivity index (χ4v) is 1.85. The summed E-state index contributed by atoms with van der Waals surface area (Å²) in [7, 11) is 0. The van der Waals surface area contributed by atoms with Gasteiger partial charge in [0, 0.05) is 0 Å². The molecule has 1 fully saturated rings. The number of ether oxygens (including phenoxy) is 2. The molecule has 1 saturated carbocycles. The van der Waals surface area contributed by atoms with Crippen molar-refractivity contribution in [3.8, 4) is 0 Å². The lowest BCUT2D eigenvalue weighted by molar-refractivity contribution is -0.102. The van der Waals surface area contributed by atoms with Crippen LogP contribution < -0.4 is 0 Å². The van der Waals surface area contributed by atoms with E-state index in [1.807, 2.05) is 0 Å². The van der Waals surface area contributed by atoms with Crippen molar-refractivity contribution in [2.45, 2.75) is 37.9 Å². The van der Waals surface area contributed by atoms with Gasteiger partial charge >= 0.3 is 0 Å². The zero-order valence-electron chi connectivity index (χ0n) is 8.52. The third-order valence-electron chi connectivity index (χ3n) is 2.49. The summed E-state index contributed by atoms with van der Waals surface area (Å²) < 4.78 is 11.0. The predicted octanol–water partition coefficient (Wildman–Crippen LogP) is 0.315. The Morgan fingerprint density at radius 1 is 0.857 bits per heavy atom. The first kappa shape index (κ1) is 11.9. The van der Waals surface area contributed by atoms with Crippen LogP contribution in [0.5, 0.6) is 0 Å². The number of aliphatic hydroxyl groups is 2. The van der Waals surface area contributed by atoms with Crippen LogP contribution in [0.25, 0.3) is 0 Å². The summed E-state index contributed by atoms with van der Waals surface area (Å²) in [5.41, 5.74) is 0. The van der Waals surface area contributed by atoms with Crippen LogP contribution in [0.2, 0.25) is 0 Å². The summed E-state index contributed by atoms with van der Waals surface area (Å²) in [5, 5.41) is 17.3. The van der Waals surface area contributed by atoms with Crippen LogP contribution in [0.1, 0.15) is 25.7 Å². The predicted molar refractivity (Wildman–Crippen MR) is 52.1 cm³/mol. The molecule has 1 aliphatic rings. The molecule has 0 radical (unpaired) electrons. The van der Waals surface area contributed by atoms with Crippen molar-refractivity contribution in [3.05, 3.63) is 0 Å². The fraction of sp³-hybridized carbons (Fsp3) is 1.00. The highest BCUT2D eigenvalue weighted by Crippen LogP contribution is 2.23. The van der Waals surface area contributed by atoms with Crippen molar-refractivity contribution in [2.75, 3.05) is 26.4 Å². The highest BCUT2D eigenvalue weighted by molar-refractivity contribution is 4.76. The van der Waals surface area contributed by atoms with Crippen LogP contribution in [0.4, 0.5) is 0 Å². The Balaban J connectivity index is 2.26. The molecule has 0 spiro atoms. The Labute approximate surface area is 84.8 Å². The van der Waals surface area contributed by atoms with Crippen LogP contribution in [0, 0.1) is 0 Å². The lowest BCUT2D eigenvalue weighted by Gasteiger charge is -2.31. The highest BCUT2D eigenvalue weighted by Gasteiger charge is 2.25. The van der Waals surface area contributed by atoms with E-state index in [9.17, 15) is 0 Å². The van der Waals surface area contributed by atoms with Crippen LogP contribution in [0.3, 0.4) is 0 Å². The van der Waals surface area contributed by atoms with Gasteiger partial charge in [-0.3, -0.25) is 0 Å². The van der Waals surface area contributed by atoms with E-state index in [-0.39, 0.29) is 25.4 Å². The molecule has 0 aromatic heterocycles. The molecule has 0 aromatic rings. The molecule has 0 heterocycles. The summed E-state index contributed by atoms with van der Waals surface area (Å²) in [6.07, 6.45) is 4.51. The molecule has 4 heteroatoms. The second-order valence-electron chi connectivity index (χ2n) is 3.55. The summed E-state index contributed by atoms with van der Waals surface area (Å²) in [6.45, 7) is 0.875. The molecule has 0 bridgehead atoms. The molecule has 0 saturated heterocycles. The average molecular weight is 204 g/mol. The molecule has 14 heavy (non-hydrogen) atoms. The maximum absolute atomic E-state index is 8.65. The van der Waals surface area contributed by atoms with Gasteiger partial charge < -0.3 is 19.7 Å². The minimum Gasteiger partial charge on any atom is -0.394 e. The smallest absolute Gasteiger partial charge is 0.0837 e. The maximum atomic E-state index is 8.65. The normalized spacial score (nSPS) is 27.9. The quantitative estimate of drug-likeness (QED) is 0.654. The van der Waals surface area contributed by atoms with Gasteiger partial charge in [-0.1, -0.05) is 12.8 Å². The Hall–Kier alpha value is -0.160. The number of rotatable bonds is 6. The van der Waals surface area contributed by atoms with Crippen molar-refractivity contribution < 1.29 is 19.7 Å². The third-order valence-corrected chi connectivity index (χ3v) is 2.49. The fourth-order valence-electron chi connectivity index (χ4n) is 1.85. The van der Waals surface area contributed by atoms with Gasteiger partial charge in [-0.05, 0) is 12.8 Å². The minimum absolute atomic E-state index is 0.0587. The maximum Gasteiger partial charge on any atom is 0.0837 e. The molecule has 0 aliphatic heterocycles. The molecular weight excluding hydrogens is 184 g/mol. The first-order valence-electron chi connectivity index (χ1n) is 5.33. The van der Waals surface area contributed by atoms with Crippen LogP contribution in [-0.4, -0.2) is 48.8 Å². The van der Waals surface area contributed by atoms with Crippen molar-refractivity contribution in [1.29, 1.82) is 0 Å². The lowest BCUT2D eigenvalue weighted by Crippen LogP contribution is -2.36. The summed E-state index contributed by atoms with van der Waals surface area (Å²) in [5.74, 6) is 0. The summed E-state index contributed by atoms with van der Waals surface area (Å²) in [6, 6.07) is 0. The van der Waals surface area contributed by atoms with E-state index in [4.69, 9.17) is 19.7 Å². The highest BCUT2D eigenvalue weighted by atomic mass is 16.5.